The zero-order valence-corrected chi connectivity index (χ0v) is 14.6. The number of fused-ring (bicyclic) bond motifs is 1. The minimum absolute atomic E-state index is 0.369. The van der Waals surface area contributed by atoms with Crippen molar-refractivity contribution >= 4 is 34.3 Å². The number of oxazole rings is 1. The maximum atomic E-state index is 6.02. The van der Waals surface area contributed by atoms with E-state index in [0.717, 1.165) is 49.5 Å². The Balaban J connectivity index is 1.41. The summed E-state index contributed by atoms with van der Waals surface area (Å²) in [5, 5.41) is 1.24. The minimum atomic E-state index is 0.369. The maximum absolute atomic E-state index is 6.02. The fourth-order valence-corrected chi connectivity index (χ4v) is 3.59. The number of rotatable bonds is 3. The van der Waals surface area contributed by atoms with Gasteiger partial charge in [0.25, 0.3) is 0 Å². The Morgan fingerprint density at radius 2 is 1.96 bits per heavy atom. The van der Waals surface area contributed by atoms with E-state index in [0.29, 0.717) is 16.1 Å². The Morgan fingerprint density at radius 3 is 2.75 bits per heavy atom. The predicted octanol–water partition coefficient (Wildman–Crippen LogP) is 4.91. The topological polar surface area (TPSA) is 42.2 Å². The van der Waals surface area contributed by atoms with Crippen molar-refractivity contribution in [2.45, 2.75) is 25.3 Å². The largest absolute Gasteiger partial charge is 0.440 e. The number of pyridine rings is 1. The van der Waals surface area contributed by atoms with Crippen LogP contribution in [0.15, 0.2) is 40.9 Å². The predicted molar refractivity (Wildman–Crippen MR) is 95.5 cm³/mol. The van der Waals surface area contributed by atoms with E-state index in [1.807, 2.05) is 30.3 Å². The highest BCUT2D eigenvalue weighted by Gasteiger charge is 2.24. The highest BCUT2D eigenvalue weighted by molar-refractivity contribution is 6.31. The van der Waals surface area contributed by atoms with Gasteiger partial charge in [0, 0.05) is 23.7 Å². The second-order valence-corrected chi connectivity index (χ2v) is 7.03. The number of hydrogen-bond acceptors (Lipinski definition) is 4. The number of aromatic nitrogens is 2. The Morgan fingerprint density at radius 1 is 1.12 bits per heavy atom. The van der Waals surface area contributed by atoms with E-state index in [4.69, 9.17) is 27.6 Å². The molecule has 0 bridgehead atoms. The molecule has 6 heteroatoms. The van der Waals surface area contributed by atoms with Crippen molar-refractivity contribution in [3.05, 3.63) is 58.2 Å². The summed E-state index contributed by atoms with van der Waals surface area (Å²) in [5.41, 5.74) is 2.85. The standard InChI is InChI=1S/C18H17Cl2N3O/c19-14-1-2-16-15(10-14)22-18(24-16)13-4-7-23(8-5-13)11-12-3-6-21-17(20)9-12/h1-3,6,9-10,13H,4-5,7-8,11H2. The number of likely N-dealkylation sites (tertiary alicyclic amines) is 1. The van der Waals surface area contributed by atoms with Crippen LogP contribution in [0, 0.1) is 0 Å². The van der Waals surface area contributed by atoms with Crippen LogP contribution >= 0.6 is 23.2 Å². The number of hydrogen-bond donors (Lipinski definition) is 0. The first kappa shape index (κ1) is 15.9. The molecular formula is C18H17Cl2N3O. The van der Waals surface area contributed by atoms with Crippen molar-refractivity contribution in [2.24, 2.45) is 0 Å². The van der Waals surface area contributed by atoms with Gasteiger partial charge in [-0.3, -0.25) is 4.90 Å². The monoisotopic (exact) mass is 361 g/mol. The SMILES string of the molecule is Clc1ccc2oc(C3CCN(Cc4ccnc(Cl)c4)CC3)nc2c1. The van der Waals surface area contributed by atoms with Crippen LogP contribution in [0.5, 0.6) is 0 Å². The molecule has 0 N–H and O–H groups in total. The van der Waals surface area contributed by atoms with E-state index in [1.165, 1.54) is 5.56 Å². The molecule has 0 amide bonds. The molecule has 1 aromatic carbocycles. The van der Waals surface area contributed by atoms with Gasteiger partial charge in [-0.25, -0.2) is 9.97 Å². The van der Waals surface area contributed by atoms with Crippen molar-refractivity contribution in [1.82, 2.24) is 14.9 Å². The molecule has 3 aromatic rings. The molecule has 0 unspecified atom stereocenters. The van der Waals surface area contributed by atoms with E-state index in [2.05, 4.69) is 14.9 Å². The fraction of sp³-hybridized carbons (Fsp3) is 0.333. The Kier molecular flexibility index (Phi) is 4.44. The van der Waals surface area contributed by atoms with Crippen LogP contribution in [0.2, 0.25) is 10.2 Å². The van der Waals surface area contributed by atoms with Gasteiger partial charge in [0.1, 0.15) is 10.7 Å². The van der Waals surface area contributed by atoms with Gasteiger partial charge in [0.15, 0.2) is 11.5 Å². The van der Waals surface area contributed by atoms with Gasteiger partial charge in [-0.2, -0.15) is 0 Å². The van der Waals surface area contributed by atoms with E-state index in [-0.39, 0.29) is 0 Å². The molecule has 0 radical (unpaired) electrons. The van der Waals surface area contributed by atoms with Crippen LogP contribution in [0.1, 0.15) is 30.2 Å². The summed E-state index contributed by atoms with van der Waals surface area (Å²) >= 11 is 12.0. The number of halogens is 2. The van der Waals surface area contributed by atoms with Gasteiger partial charge >= 0.3 is 0 Å². The molecule has 124 valence electrons. The molecule has 1 aliphatic heterocycles. The molecule has 1 saturated heterocycles. The molecule has 1 aliphatic rings. The molecule has 2 aromatic heterocycles. The van der Waals surface area contributed by atoms with Crippen molar-refractivity contribution < 1.29 is 4.42 Å². The maximum Gasteiger partial charge on any atom is 0.198 e. The summed E-state index contributed by atoms with van der Waals surface area (Å²) in [6.45, 7) is 2.94. The van der Waals surface area contributed by atoms with Gasteiger partial charge < -0.3 is 4.42 Å². The Hall–Kier alpha value is -1.62. The quantitative estimate of drug-likeness (QED) is 0.621. The molecule has 24 heavy (non-hydrogen) atoms. The molecule has 0 saturated carbocycles. The first-order valence-electron chi connectivity index (χ1n) is 8.06. The zero-order chi connectivity index (χ0) is 16.5. The number of benzene rings is 1. The summed E-state index contributed by atoms with van der Waals surface area (Å²) in [5.74, 6) is 1.20. The van der Waals surface area contributed by atoms with Crippen molar-refractivity contribution in [2.75, 3.05) is 13.1 Å². The Bertz CT molecular complexity index is 856. The number of piperidine rings is 1. The van der Waals surface area contributed by atoms with Gasteiger partial charge in [-0.15, -0.1) is 0 Å². The zero-order valence-electron chi connectivity index (χ0n) is 13.1. The van der Waals surface area contributed by atoms with Gasteiger partial charge in [0.05, 0.1) is 0 Å². The van der Waals surface area contributed by atoms with Gasteiger partial charge in [0.2, 0.25) is 0 Å². The average Bonchev–Trinajstić information content (AvgIpc) is 2.98. The van der Waals surface area contributed by atoms with Crippen LogP contribution in [-0.4, -0.2) is 28.0 Å². The van der Waals surface area contributed by atoms with E-state index < -0.39 is 0 Å². The normalized spacial score (nSPS) is 16.8. The van der Waals surface area contributed by atoms with Crippen LogP contribution in [0.4, 0.5) is 0 Å². The van der Waals surface area contributed by atoms with E-state index in [1.54, 1.807) is 6.20 Å². The Labute approximate surface area is 150 Å². The third-order valence-corrected chi connectivity index (χ3v) is 4.94. The molecule has 0 atom stereocenters. The summed E-state index contributed by atoms with van der Waals surface area (Å²) in [6.07, 6.45) is 3.84. The third kappa shape index (κ3) is 3.41. The molecule has 0 spiro atoms. The molecular weight excluding hydrogens is 345 g/mol. The highest BCUT2D eigenvalue weighted by atomic mass is 35.5. The molecule has 1 fully saturated rings. The van der Waals surface area contributed by atoms with E-state index >= 15 is 0 Å². The minimum Gasteiger partial charge on any atom is -0.440 e. The summed E-state index contributed by atoms with van der Waals surface area (Å²) in [6, 6.07) is 9.52. The lowest BCUT2D eigenvalue weighted by Gasteiger charge is -2.30. The van der Waals surface area contributed by atoms with Gasteiger partial charge in [-0.05, 0) is 61.8 Å². The summed E-state index contributed by atoms with van der Waals surface area (Å²) in [7, 11) is 0. The lowest BCUT2D eigenvalue weighted by molar-refractivity contribution is 0.194. The molecule has 0 aliphatic carbocycles. The first-order chi connectivity index (χ1) is 11.7. The molecule has 3 heterocycles. The lowest BCUT2D eigenvalue weighted by atomic mass is 9.96. The highest BCUT2D eigenvalue weighted by Crippen LogP contribution is 2.31. The average molecular weight is 362 g/mol. The third-order valence-electron chi connectivity index (χ3n) is 4.50. The van der Waals surface area contributed by atoms with Crippen molar-refractivity contribution in [3.63, 3.8) is 0 Å². The van der Waals surface area contributed by atoms with Crippen molar-refractivity contribution in [1.29, 1.82) is 0 Å². The van der Waals surface area contributed by atoms with Crippen molar-refractivity contribution in [3.8, 4) is 0 Å². The number of nitrogens with zero attached hydrogens (tertiary/aromatic N) is 3. The van der Waals surface area contributed by atoms with Crippen LogP contribution in [-0.2, 0) is 6.54 Å². The second-order valence-electron chi connectivity index (χ2n) is 6.20. The lowest BCUT2D eigenvalue weighted by Crippen LogP contribution is -2.32. The first-order valence-corrected chi connectivity index (χ1v) is 8.82. The molecule has 4 rings (SSSR count). The smallest absolute Gasteiger partial charge is 0.198 e. The van der Waals surface area contributed by atoms with Crippen LogP contribution in [0.25, 0.3) is 11.1 Å². The fourth-order valence-electron chi connectivity index (χ4n) is 3.23. The second kappa shape index (κ2) is 6.71. The summed E-state index contributed by atoms with van der Waals surface area (Å²) in [4.78, 5) is 11.1. The van der Waals surface area contributed by atoms with Crippen LogP contribution in [0.3, 0.4) is 0 Å². The molecule has 4 nitrogen and oxygen atoms in total. The van der Waals surface area contributed by atoms with Gasteiger partial charge in [-0.1, -0.05) is 23.2 Å². The summed E-state index contributed by atoms with van der Waals surface area (Å²) < 4.78 is 5.92. The van der Waals surface area contributed by atoms with Crippen LogP contribution < -0.4 is 0 Å². The van der Waals surface area contributed by atoms with E-state index in [9.17, 15) is 0 Å².